The number of nitrogens with one attached hydrogen (secondary N) is 1. The Kier molecular flexibility index (Phi) is 5.27. The van der Waals surface area contributed by atoms with E-state index in [9.17, 15) is 4.79 Å². The van der Waals surface area contributed by atoms with E-state index < -0.39 is 0 Å². The zero-order valence-electron chi connectivity index (χ0n) is 10.8. The molecule has 2 aromatic rings. The Morgan fingerprint density at radius 1 is 1.20 bits per heavy atom. The van der Waals surface area contributed by atoms with Gasteiger partial charge in [-0.05, 0) is 24.3 Å². The van der Waals surface area contributed by atoms with Gasteiger partial charge in [-0.2, -0.15) is 0 Å². The Hall–Kier alpha value is -1.71. The molecule has 0 heterocycles. The van der Waals surface area contributed by atoms with Crippen LogP contribution >= 0.6 is 23.4 Å². The van der Waals surface area contributed by atoms with Crippen molar-refractivity contribution in [1.29, 1.82) is 0 Å². The van der Waals surface area contributed by atoms with Crippen molar-refractivity contribution in [2.75, 3.05) is 11.1 Å². The van der Waals surface area contributed by atoms with Crippen LogP contribution in [0.15, 0.2) is 66.1 Å². The highest BCUT2D eigenvalue weighted by Crippen LogP contribution is 2.25. The quantitative estimate of drug-likeness (QED) is 0.630. The van der Waals surface area contributed by atoms with Gasteiger partial charge in [0.1, 0.15) is 0 Å². The van der Waals surface area contributed by atoms with Gasteiger partial charge < -0.3 is 5.32 Å². The molecule has 0 aliphatic heterocycles. The Morgan fingerprint density at radius 3 is 2.65 bits per heavy atom. The lowest BCUT2D eigenvalue weighted by Gasteiger charge is -2.10. The van der Waals surface area contributed by atoms with Crippen molar-refractivity contribution in [1.82, 2.24) is 0 Å². The summed E-state index contributed by atoms with van der Waals surface area (Å²) in [5.41, 5.74) is 1.25. The number of amides is 1. The van der Waals surface area contributed by atoms with Gasteiger partial charge in [0.25, 0.3) is 5.91 Å². The van der Waals surface area contributed by atoms with Crippen LogP contribution < -0.4 is 5.32 Å². The van der Waals surface area contributed by atoms with Gasteiger partial charge in [0.15, 0.2) is 0 Å². The van der Waals surface area contributed by atoms with Crippen LogP contribution in [0.5, 0.6) is 0 Å². The SMILES string of the molecule is C=CCSc1ccccc1C(=O)Nc1ccccc1Cl. The number of rotatable bonds is 5. The smallest absolute Gasteiger partial charge is 0.256 e. The third-order valence-corrected chi connectivity index (χ3v) is 4.01. The topological polar surface area (TPSA) is 29.1 Å². The first-order valence-electron chi connectivity index (χ1n) is 6.11. The molecule has 0 saturated heterocycles. The highest BCUT2D eigenvalue weighted by Gasteiger charge is 2.12. The fourth-order valence-corrected chi connectivity index (χ4v) is 2.65. The highest BCUT2D eigenvalue weighted by molar-refractivity contribution is 7.99. The number of carbonyl (C=O) groups excluding carboxylic acids is 1. The normalized spacial score (nSPS) is 10.1. The molecule has 0 bridgehead atoms. The van der Waals surface area contributed by atoms with Crippen LogP contribution in [0.1, 0.15) is 10.4 Å². The molecule has 0 aliphatic rings. The van der Waals surface area contributed by atoms with Crippen LogP contribution in [0.2, 0.25) is 5.02 Å². The summed E-state index contributed by atoms with van der Waals surface area (Å²) in [7, 11) is 0. The van der Waals surface area contributed by atoms with Gasteiger partial charge in [-0.1, -0.05) is 41.9 Å². The first-order valence-corrected chi connectivity index (χ1v) is 7.47. The number of hydrogen-bond donors (Lipinski definition) is 1. The summed E-state index contributed by atoms with van der Waals surface area (Å²) in [5, 5.41) is 3.36. The second-order valence-corrected chi connectivity index (χ2v) is 5.50. The van der Waals surface area contributed by atoms with Gasteiger partial charge in [-0.25, -0.2) is 0 Å². The van der Waals surface area contributed by atoms with E-state index in [1.807, 2.05) is 36.4 Å². The van der Waals surface area contributed by atoms with Crippen LogP contribution in [0.3, 0.4) is 0 Å². The van der Waals surface area contributed by atoms with Crippen LogP contribution in [-0.2, 0) is 0 Å². The van der Waals surface area contributed by atoms with Gasteiger partial charge in [-0.15, -0.1) is 18.3 Å². The Morgan fingerprint density at radius 2 is 1.90 bits per heavy atom. The van der Waals surface area contributed by atoms with E-state index in [2.05, 4.69) is 11.9 Å². The highest BCUT2D eigenvalue weighted by atomic mass is 35.5. The van der Waals surface area contributed by atoms with Crippen LogP contribution in [0, 0.1) is 0 Å². The minimum absolute atomic E-state index is 0.162. The lowest BCUT2D eigenvalue weighted by molar-refractivity contribution is 0.102. The lowest BCUT2D eigenvalue weighted by atomic mass is 10.2. The Labute approximate surface area is 127 Å². The summed E-state index contributed by atoms with van der Waals surface area (Å²) in [5.74, 6) is 0.599. The number of para-hydroxylation sites is 1. The molecule has 0 saturated carbocycles. The summed E-state index contributed by atoms with van der Waals surface area (Å²) in [4.78, 5) is 13.3. The summed E-state index contributed by atoms with van der Waals surface area (Å²) in [6.45, 7) is 3.69. The maximum atomic E-state index is 12.3. The molecular formula is C16H14ClNOS. The molecule has 1 amide bonds. The number of carbonyl (C=O) groups is 1. The zero-order chi connectivity index (χ0) is 14.4. The fourth-order valence-electron chi connectivity index (χ4n) is 1.68. The molecule has 0 unspecified atom stereocenters. The van der Waals surface area contributed by atoms with Gasteiger partial charge in [-0.3, -0.25) is 4.79 Å². The second kappa shape index (κ2) is 7.17. The van der Waals surface area contributed by atoms with E-state index in [-0.39, 0.29) is 5.91 Å². The van der Waals surface area contributed by atoms with Gasteiger partial charge >= 0.3 is 0 Å². The average Bonchev–Trinajstić information content (AvgIpc) is 2.47. The zero-order valence-corrected chi connectivity index (χ0v) is 12.4. The van der Waals surface area contributed by atoms with Crippen molar-refractivity contribution in [2.24, 2.45) is 0 Å². The molecule has 0 aromatic heterocycles. The van der Waals surface area contributed by atoms with Crippen molar-refractivity contribution in [3.8, 4) is 0 Å². The number of hydrogen-bond acceptors (Lipinski definition) is 2. The third-order valence-electron chi connectivity index (χ3n) is 2.61. The predicted octanol–water partition coefficient (Wildman–Crippen LogP) is 4.87. The molecule has 0 radical (unpaired) electrons. The monoisotopic (exact) mass is 303 g/mol. The van der Waals surface area contributed by atoms with Crippen molar-refractivity contribution < 1.29 is 4.79 Å². The molecule has 20 heavy (non-hydrogen) atoms. The lowest BCUT2D eigenvalue weighted by Crippen LogP contribution is -2.13. The standard InChI is InChI=1S/C16H14ClNOS/c1-2-11-20-15-10-6-3-7-12(15)16(19)18-14-9-5-4-8-13(14)17/h2-10H,1,11H2,(H,18,19). The number of benzene rings is 2. The fraction of sp³-hybridized carbons (Fsp3) is 0.0625. The molecule has 2 nitrogen and oxygen atoms in total. The van der Waals surface area contributed by atoms with Gasteiger partial charge in [0, 0.05) is 10.6 Å². The Bertz CT molecular complexity index is 627. The first kappa shape index (κ1) is 14.7. The second-order valence-electron chi connectivity index (χ2n) is 4.03. The molecule has 0 aliphatic carbocycles. The predicted molar refractivity (Wildman–Crippen MR) is 86.8 cm³/mol. The van der Waals surface area contributed by atoms with E-state index in [1.165, 1.54) is 0 Å². The molecule has 0 fully saturated rings. The molecule has 0 spiro atoms. The van der Waals surface area contributed by atoms with Crippen molar-refractivity contribution in [3.63, 3.8) is 0 Å². The van der Waals surface area contributed by atoms with Crippen molar-refractivity contribution in [2.45, 2.75) is 4.90 Å². The largest absolute Gasteiger partial charge is 0.321 e. The van der Waals surface area contributed by atoms with E-state index >= 15 is 0 Å². The minimum Gasteiger partial charge on any atom is -0.321 e. The molecule has 2 rings (SSSR count). The third kappa shape index (κ3) is 3.65. The first-order chi connectivity index (χ1) is 9.72. The molecule has 4 heteroatoms. The summed E-state index contributed by atoms with van der Waals surface area (Å²) < 4.78 is 0. The summed E-state index contributed by atoms with van der Waals surface area (Å²) in [6.07, 6.45) is 1.81. The van der Waals surface area contributed by atoms with E-state index in [1.54, 1.807) is 30.0 Å². The van der Waals surface area contributed by atoms with Crippen LogP contribution in [0.4, 0.5) is 5.69 Å². The number of thioether (sulfide) groups is 1. The molecule has 0 atom stereocenters. The van der Waals surface area contributed by atoms with Crippen LogP contribution in [-0.4, -0.2) is 11.7 Å². The number of anilines is 1. The van der Waals surface area contributed by atoms with Gasteiger partial charge in [0.05, 0.1) is 16.3 Å². The van der Waals surface area contributed by atoms with E-state index in [4.69, 9.17) is 11.6 Å². The minimum atomic E-state index is -0.162. The maximum Gasteiger partial charge on any atom is 0.256 e. The average molecular weight is 304 g/mol. The molecule has 1 N–H and O–H groups in total. The summed E-state index contributed by atoms with van der Waals surface area (Å²) >= 11 is 7.62. The van der Waals surface area contributed by atoms with Crippen molar-refractivity contribution >= 4 is 35.0 Å². The number of halogens is 1. The van der Waals surface area contributed by atoms with Crippen LogP contribution in [0.25, 0.3) is 0 Å². The Balaban J connectivity index is 2.21. The van der Waals surface area contributed by atoms with Gasteiger partial charge in [0.2, 0.25) is 0 Å². The molecular weight excluding hydrogens is 290 g/mol. The molecule has 102 valence electrons. The van der Waals surface area contributed by atoms with E-state index in [0.717, 1.165) is 10.6 Å². The maximum absolute atomic E-state index is 12.3. The van der Waals surface area contributed by atoms with Crippen molar-refractivity contribution in [3.05, 3.63) is 71.8 Å². The van der Waals surface area contributed by atoms with E-state index in [0.29, 0.717) is 16.3 Å². The summed E-state index contributed by atoms with van der Waals surface area (Å²) in [6, 6.07) is 14.7. The molecule has 2 aromatic carbocycles.